The molecule has 0 aromatic rings. The van der Waals surface area contributed by atoms with Crippen molar-refractivity contribution in [1.29, 1.82) is 0 Å². The van der Waals surface area contributed by atoms with Crippen LogP contribution < -0.4 is 11.1 Å². The number of aliphatic carboxylic acids is 1. The molecule has 4 N–H and O–H groups in total. The summed E-state index contributed by atoms with van der Waals surface area (Å²) in [6, 6.07) is -1.79. The number of aldehydes is 1. The second-order valence-corrected chi connectivity index (χ2v) is 6.79. The summed E-state index contributed by atoms with van der Waals surface area (Å²) in [6.07, 6.45) is 3.58. The molecule has 132 valence electrons. The molecule has 1 aliphatic rings. The minimum atomic E-state index is -1.05. The molecular formula is C16H28N2O5. The number of carboxylic acid groups (broad SMARTS) is 1. The summed E-state index contributed by atoms with van der Waals surface area (Å²) < 4.78 is 4.65. The first-order chi connectivity index (χ1) is 10.7. The third-order valence-corrected chi connectivity index (χ3v) is 4.82. The molecule has 0 radical (unpaired) electrons. The van der Waals surface area contributed by atoms with Crippen LogP contribution >= 0.6 is 0 Å². The van der Waals surface area contributed by atoms with Crippen molar-refractivity contribution in [2.45, 2.75) is 64.1 Å². The third-order valence-electron chi connectivity index (χ3n) is 4.82. The molecular weight excluding hydrogens is 300 g/mol. The van der Waals surface area contributed by atoms with E-state index in [0.717, 1.165) is 19.3 Å². The summed E-state index contributed by atoms with van der Waals surface area (Å²) in [5.74, 6) is -1.07. The van der Waals surface area contributed by atoms with Crippen molar-refractivity contribution >= 4 is 18.2 Å². The van der Waals surface area contributed by atoms with Crippen LogP contribution in [0.4, 0.5) is 0 Å². The number of rotatable bonds is 11. The maximum atomic E-state index is 11.6. The second-order valence-electron chi connectivity index (χ2n) is 6.79. The first kappa shape index (κ1) is 19.6. The molecule has 0 amide bonds. The van der Waals surface area contributed by atoms with Crippen LogP contribution in [-0.4, -0.2) is 48.6 Å². The number of carbonyl (C=O) groups excluding carboxylic acids is 2. The number of methoxy groups -OCH3 is 1. The Morgan fingerprint density at radius 3 is 2.39 bits per heavy atom. The van der Waals surface area contributed by atoms with E-state index in [-0.39, 0.29) is 17.9 Å². The van der Waals surface area contributed by atoms with Gasteiger partial charge in [-0.1, -0.05) is 13.8 Å². The Kier molecular flexibility index (Phi) is 7.15. The van der Waals surface area contributed by atoms with Crippen molar-refractivity contribution < 1.29 is 24.2 Å². The minimum Gasteiger partial charge on any atom is -0.481 e. The number of hydrogen-bond donors (Lipinski definition) is 3. The quantitative estimate of drug-likeness (QED) is 0.377. The molecule has 0 aromatic heterocycles. The Hall–Kier alpha value is -1.47. The van der Waals surface area contributed by atoms with Gasteiger partial charge in [0.1, 0.15) is 12.3 Å². The van der Waals surface area contributed by atoms with Gasteiger partial charge < -0.3 is 25.7 Å². The Morgan fingerprint density at radius 2 is 2.00 bits per heavy atom. The van der Waals surface area contributed by atoms with E-state index in [4.69, 9.17) is 10.8 Å². The Bertz CT molecular complexity index is 434. The molecule has 1 fully saturated rings. The van der Waals surface area contributed by atoms with E-state index in [1.807, 2.05) is 0 Å². The lowest BCUT2D eigenvalue weighted by molar-refractivity contribution is -0.142. The van der Waals surface area contributed by atoms with E-state index in [9.17, 15) is 14.4 Å². The van der Waals surface area contributed by atoms with Crippen molar-refractivity contribution in [3.05, 3.63) is 0 Å². The van der Waals surface area contributed by atoms with Crippen molar-refractivity contribution in [3.63, 3.8) is 0 Å². The fourth-order valence-electron chi connectivity index (χ4n) is 3.07. The van der Waals surface area contributed by atoms with E-state index in [0.29, 0.717) is 18.6 Å². The average Bonchev–Trinajstić information content (AvgIpc) is 3.25. The van der Waals surface area contributed by atoms with Gasteiger partial charge in [0.15, 0.2) is 0 Å². The molecule has 0 spiro atoms. The van der Waals surface area contributed by atoms with Gasteiger partial charge in [-0.25, -0.2) is 0 Å². The molecule has 3 atom stereocenters. The van der Waals surface area contributed by atoms with Gasteiger partial charge in [0.25, 0.3) is 0 Å². The Morgan fingerprint density at radius 1 is 1.39 bits per heavy atom. The zero-order chi connectivity index (χ0) is 17.6. The molecule has 1 rings (SSSR count). The largest absolute Gasteiger partial charge is 0.481 e. The first-order valence-corrected chi connectivity index (χ1v) is 8.00. The summed E-state index contributed by atoms with van der Waals surface area (Å²) in [7, 11) is 1.28. The zero-order valence-corrected chi connectivity index (χ0v) is 14.1. The number of nitrogens with one attached hydrogen (secondary N) is 1. The van der Waals surface area contributed by atoms with Gasteiger partial charge in [-0.3, -0.25) is 9.59 Å². The molecule has 0 aromatic carbocycles. The summed E-state index contributed by atoms with van der Waals surface area (Å²) in [6.45, 7) is 4.30. The topological polar surface area (TPSA) is 119 Å². The van der Waals surface area contributed by atoms with Crippen molar-refractivity contribution in [1.82, 2.24) is 5.32 Å². The van der Waals surface area contributed by atoms with Crippen LogP contribution in [-0.2, 0) is 19.1 Å². The first-order valence-electron chi connectivity index (χ1n) is 8.00. The lowest BCUT2D eigenvalue weighted by atomic mass is 9.84. The standard InChI is InChI=1S/C16H28N2O5/c1-10(2)16(4-5-16)8-11(6-13(17)15(22)23-3)18-12(9-19)7-14(20)21/h9-13,18H,4-8,17H2,1-3H3,(H,20,21)/t11?,12-,13?/m0/s1. The fraction of sp³-hybridized carbons (Fsp3) is 0.812. The van der Waals surface area contributed by atoms with Crippen LogP contribution in [0, 0.1) is 11.3 Å². The molecule has 0 saturated heterocycles. The van der Waals surface area contributed by atoms with Crippen molar-refractivity contribution in [2.24, 2.45) is 17.1 Å². The molecule has 0 aliphatic heterocycles. The van der Waals surface area contributed by atoms with Gasteiger partial charge in [-0.15, -0.1) is 0 Å². The van der Waals surface area contributed by atoms with Gasteiger partial charge >= 0.3 is 11.9 Å². The number of carboxylic acids is 1. The highest BCUT2D eigenvalue weighted by Gasteiger charge is 2.47. The molecule has 2 unspecified atom stereocenters. The van der Waals surface area contributed by atoms with E-state index in [1.54, 1.807) is 0 Å². The summed E-state index contributed by atoms with van der Waals surface area (Å²) in [5.41, 5.74) is 6.03. The zero-order valence-electron chi connectivity index (χ0n) is 14.1. The van der Waals surface area contributed by atoms with Crippen LogP contribution in [0.15, 0.2) is 0 Å². The van der Waals surface area contributed by atoms with E-state index < -0.39 is 24.0 Å². The number of hydrogen-bond acceptors (Lipinski definition) is 6. The molecule has 1 saturated carbocycles. The van der Waals surface area contributed by atoms with E-state index >= 15 is 0 Å². The van der Waals surface area contributed by atoms with Crippen molar-refractivity contribution in [2.75, 3.05) is 7.11 Å². The molecule has 1 aliphatic carbocycles. The molecule has 7 heteroatoms. The summed E-state index contributed by atoms with van der Waals surface area (Å²) in [5, 5.41) is 11.9. The van der Waals surface area contributed by atoms with E-state index in [2.05, 4.69) is 23.9 Å². The van der Waals surface area contributed by atoms with Gasteiger partial charge in [0.2, 0.25) is 0 Å². The number of esters is 1. The second kappa shape index (κ2) is 8.40. The van der Waals surface area contributed by atoms with Crippen LogP contribution in [0.25, 0.3) is 0 Å². The highest BCUT2D eigenvalue weighted by atomic mass is 16.5. The average molecular weight is 328 g/mol. The monoisotopic (exact) mass is 328 g/mol. The number of ether oxygens (including phenoxy) is 1. The fourth-order valence-corrected chi connectivity index (χ4v) is 3.07. The smallest absolute Gasteiger partial charge is 0.322 e. The highest BCUT2D eigenvalue weighted by Crippen LogP contribution is 2.55. The third kappa shape index (κ3) is 5.91. The summed E-state index contributed by atoms with van der Waals surface area (Å²) in [4.78, 5) is 33.5. The van der Waals surface area contributed by atoms with Crippen molar-refractivity contribution in [3.8, 4) is 0 Å². The van der Waals surface area contributed by atoms with Crippen LogP contribution in [0.5, 0.6) is 0 Å². The lowest BCUT2D eigenvalue weighted by Gasteiger charge is -2.30. The Labute approximate surface area is 136 Å². The predicted octanol–water partition coefficient (Wildman–Crippen LogP) is 0.704. The normalized spacial score (nSPS) is 19.7. The minimum absolute atomic E-state index is 0.185. The molecule has 7 nitrogen and oxygen atoms in total. The van der Waals surface area contributed by atoms with Crippen LogP contribution in [0.2, 0.25) is 0 Å². The maximum Gasteiger partial charge on any atom is 0.322 e. The number of carbonyl (C=O) groups is 3. The highest BCUT2D eigenvalue weighted by molar-refractivity contribution is 5.75. The van der Waals surface area contributed by atoms with Gasteiger partial charge in [0.05, 0.1) is 19.6 Å². The molecule has 0 bridgehead atoms. The molecule has 0 heterocycles. The summed E-state index contributed by atoms with van der Waals surface area (Å²) >= 11 is 0. The van der Waals surface area contributed by atoms with E-state index in [1.165, 1.54) is 7.11 Å². The molecule has 23 heavy (non-hydrogen) atoms. The van der Waals surface area contributed by atoms with Gasteiger partial charge in [0, 0.05) is 6.04 Å². The maximum absolute atomic E-state index is 11.6. The Balaban J connectivity index is 2.76. The lowest BCUT2D eigenvalue weighted by Crippen LogP contribution is -2.47. The van der Waals surface area contributed by atoms with Gasteiger partial charge in [-0.2, -0.15) is 0 Å². The predicted molar refractivity (Wildman–Crippen MR) is 84.8 cm³/mol. The van der Waals surface area contributed by atoms with Crippen LogP contribution in [0.1, 0.15) is 46.0 Å². The number of nitrogens with two attached hydrogens (primary N) is 1. The van der Waals surface area contributed by atoms with Gasteiger partial charge in [-0.05, 0) is 37.0 Å². The van der Waals surface area contributed by atoms with Crippen LogP contribution in [0.3, 0.4) is 0 Å². The SMILES string of the molecule is COC(=O)C(N)CC(CC1(C(C)C)CC1)N[C@H](C=O)CC(=O)O.